The molecule has 1 aromatic heterocycles. The minimum Gasteiger partial charge on any atom is -0.390 e. The topological polar surface area (TPSA) is 31.6 Å². The van der Waals surface area contributed by atoms with Gasteiger partial charge in [0.15, 0.2) is 0 Å². The molecule has 0 amide bonds. The maximum atomic E-state index is 9.14. The molecule has 0 aromatic carbocycles. The van der Waals surface area contributed by atoms with Gasteiger partial charge in [-0.25, -0.2) is 0 Å². The highest BCUT2D eigenvalue weighted by molar-refractivity contribution is 5.05. The maximum Gasteiger partial charge on any atom is 0.0832 e. The monoisotopic (exact) mass is 223 g/mol. The fourth-order valence-corrected chi connectivity index (χ4v) is 2.13. The Hall–Kier alpha value is -0.840. The Morgan fingerprint density at radius 1 is 1.19 bits per heavy atom. The number of piperazine rings is 1. The van der Waals surface area contributed by atoms with Crippen molar-refractivity contribution in [1.29, 1.82) is 0 Å². The van der Waals surface area contributed by atoms with Crippen LogP contribution in [-0.2, 0) is 13.2 Å². The minimum atomic E-state index is 0.135. The van der Waals surface area contributed by atoms with E-state index in [1.165, 1.54) is 13.1 Å². The van der Waals surface area contributed by atoms with Gasteiger partial charge in [-0.1, -0.05) is 0 Å². The van der Waals surface area contributed by atoms with E-state index in [1.54, 1.807) is 0 Å². The molecule has 90 valence electrons. The van der Waals surface area contributed by atoms with E-state index in [9.17, 15) is 0 Å². The highest BCUT2D eigenvalue weighted by atomic mass is 16.3. The molecule has 0 unspecified atom stereocenters. The summed E-state index contributed by atoms with van der Waals surface area (Å²) in [7, 11) is 2.17. The summed E-state index contributed by atoms with van der Waals surface area (Å²) in [5.41, 5.74) is 1.01. The summed E-state index contributed by atoms with van der Waals surface area (Å²) < 4.78 is 2.14. The van der Waals surface area contributed by atoms with Gasteiger partial charge in [0.05, 0.1) is 6.61 Å². The third-order valence-electron chi connectivity index (χ3n) is 3.34. The molecule has 2 heterocycles. The van der Waals surface area contributed by atoms with Gasteiger partial charge in [0.25, 0.3) is 0 Å². The molecule has 0 bridgehead atoms. The fraction of sp³-hybridized carbons (Fsp3) is 0.667. The van der Waals surface area contributed by atoms with Crippen LogP contribution in [0.4, 0.5) is 0 Å². The van der Waals surface area contributed by atoms with E-state index >= 15 is 0 Å². The highest BCUT2D eigenvalue weighted by Gasteiger charge is 2.13. The SMILES string of the molecule is CN1CCN(CCn2cccc2CO)CC1. The number of rotatable bonds is 4. The molecule has 1 aliphatic heterocycles. The van der Waals surface area contributed by atoms with Crippen LogP contribution in [0, 0.1) is 0 Å². The summed E-state index contributed by atoms with van der Waals surface area (Å²) in [6, 6.07) is 3.97. The average Bonchev–Trinajstić information content (AvgIpc) is 2.76. The Balaban J connectivity index is 1.79. The largest absolute Gasteiger partial charge is 0.390 e. The lowest BCUT2D eigenvalue weighted by molar-refractivity contribution is 0.149. The number of hydrogen-bond acceptors (Lipinski definition) is 3. The van der Waals surface area contributed by atoms with Crippen molar-refractivity contribution in [3.63, 3.8) is 0 Å². The molecule has 0 saturated carbocycles. The summed E-state index contributed by atoms with van der Waals surface area (Å²) in [5.74, 6) is 0. The standard InChI is InChI=1S/C12H21N3O/c1-13-5-7-14(8-6-13)9-10-15-4-2-3-12(15)11-16/h2-4,16H,5-11H2,1H3. The molecule has 4 nitrogen and oxygen atoms in total. The second-order valence-electron chi connectivity index (χ2n) is 4.50. The van der Waals surface area contributed by atoms with Gasteiger partial charge in [-0.2, -0.15) is 0 Å². The Morgan fingerprint density at radius 2 is 1.94 bits per heavy atom. The zero-order valence-corrected chi connectivity index (χ0v) is 9.97. The van der Waals surface area contributed by atoms with Crippen LogP contribution in [0.2, 0.25) is 0 Å². The predicted molar refractivity (Wildman–Crippen MR) is 64.3 cm³/mol. The van der Waals surface area contributed by atoms with Crippen molar-refractivity contribution in [2.24, 2.45) is 0 Å². The lowest BCUT2D eigenvalue weighted by atomic mass is 10.3. The van der Waals surface area contributed by atoms with Gasteiger partial charge in [0, 0.05) is 51.2 Å². The van der Waals surface area contributed by atoms with Crippen LogP contribution in [0.5, 0.6) is 0 Å². The predicted octanol–water partition coefficient (Wildman–Crippen LogP) is 0.228. The van der Waals surface area contributed by atoms with E-state index in [0.29, 0.717) is 0 Å². The van der Waals surface area contributed by atoms with Crippen LogP contribution in [0.3, 0.4) is 0 Å². The average molecular weight is 223 g/mol. The third kappa shape index (κ3) is 2.84. The van der Waals surface area contributed by atoms with Crippen molar-refractivity contribution in [3.05, 3.63) is 24.0 Å². The second-order valence-corrected chi connectivity index (χ2v) is 4.50. The first kappa shape index (κ1) is 11.6. The van der Waals surface area contributed by atoms with Crippen molar-refractivity contribution < 1.29 is 5.11 Å². The molecule has 2 rings (SSSR count). The summed E-state index contributed by atoms with van der Waals surface area (Å²) >= 11 is 0. The summed E-state index contributed by atoms with van der Waals surface area (Å²) in [5, 5.41) is 9.14. The number of aromatic nitrogens is 1. The molecule has 1 saturated heterocycles. The summed E-state index contributed by atoms with van der Waals surface area (Å²) in [6.45, 7) is 6.84. The van der Waals surface area contributed by atoms with Crippen LogP contribution < -0.4 is 0 Å². The van der Waals surface area contributed by atoms with Gasteiger partial charge in [0.1, 0.15) is 0 Å². The summed E-state index contributed by atoms with van der Waals surface area (Å²) in [4.78, 5) is 4.85. The van der Waals surface area contributed by atoms with Crippen LogP contribution in [-0.4, -0.2) is 59.2 Å². The fourth-order valence-electron chi connectivity index (χ4n) is 2.13. The normalized spacial score (nSPS) is 19.1. The number of nitrogens with zero attached hydrogens (tertiary/aromatic N) is 3. The molecule has 1 N–H and O–H groups in total. The second kappa shape index (κ2) is 5.48. The van der Waals surface area contributed by atoms with E-state index in [1.807, 2.05) is 18.3 Å². The molecule has 1 fully saturated rings. The van der Waals surface area contributed by atoms with E-state index in [0.717, 1.165) is 31.9 Å². The number of hydrogen-bond donors (Lipinski definition) is 1. The van der Waals surface area contributed by atoms with Crippen LogP contribution in [0.1, 0.15) is 5.69 Å². The van der Waals surface area contributed by atoms with Gasteiger partial charge in [-0.05, 0) is 19.2 Å². The first-order valence-corrected chi connectivity index (χ1v) is 5.95. The lowest BCUT2D eigenvalue weighted by Gasteiger charge is -2.32. The molecule has 0 spiro atoms. The van der Waals surface area contributed by atoms with Crippen LogP contribution in [0.25, 0.3) is 0 Å². The van der Waals surface area contributed by atoms with E-state index < -0.39 is 0 Å². The van der Waals surface area contributed by atoms with E-state index in [-0.39, 0.29) is 6.61 Å². The zero-order valence-electron chi connectivity index (χ0n) is 9.97. The van der Waals surface area contributed by atoms with E-state index in [2.05, 4.69) is 21.4 Å². The van der Waals surface area contributed by atoms with Gasteiger partial charge in [-0.3, -0.25) is 4.90 Å². The van der Waals surface area contributed by atoms with Gasteiger partial charge < -0.3 is 14.6 Å². The van der Waals surface area contributed by atoms with Crippen molar-refractivity contribution in [3.8, 4) is 0 Å². The van der Waals surface area contributed by atoms with Crippen LogP contribution >= 0.6 is 0 Å². The van der Waals surface area contributed by atoms with Gasteiger partial charge >= 0.3 is 0 Å². The minimum absolute atomic E-state index is 0.135. The first-order chi connectivity index (χ1) is 7.79. The summed E-state index contributed by atoms with van der Waals surface area (Å²) in [6.07, 6.45) is 2.04. The number of likely N-dealkylation sites (N-methyl/N-ethyl adjacent to an activating group) is 1. The van der Waals surface area contributed by atoms with Crippen molar-refractivity contribution >= 4 is 0 Å². The number of aliphatic hydroxyl groups excluding tert-OH is 1. The molecule has 1 aromatic rings. The third-order valence-corrected chi connectivity index (χ3v) is 3.34. The molecule has 4 heteroatoms. The molecule has 16 heavy (non-hydrogen) atoms. The number of aliphatic hydroxyl groups is 1. The maximum absolute atomic E-state index is 9.14. The molecular formula is C12H21N3O. The molecular weight excluding hydrogens is 202 g/mol. The Kier molecular flexibility index (Phi) is 3.98. The van der Waals surface area contributed by atoms with Crippen molar-refractivity contribution in [1.82, 2.24) is 14.4 Å². The Bertz CT molecular complexity index is 316. The van der Waals surface area contributed by atoms with Gasteiger partial charge in [-0.15, -0.1) is 0 Å². The Morgan fingerprint density at radius 3 is 2.62 bits per heavy atom. The first-order valence-electron chi connectivity index (χ1n) is 5.95. The van der Waals surface area contributed by atoms with Crippen molar-refractivity contribution in [2.45, 2.75) is 13.2 Å². The molecule has 0 atom stereocenters. The zero-order chi connectivity index (χ0) is 11.4. The van der Waals surface area contributed by atoms with Crippen LogP contribution in [0.15, 0.2) is 18.3 Å². The smallest absolute Gasteiger partial charge is 0.0832 e. The van der Waals surface area contributed by atoms with E-state index in [4.69, 9.17) is 5.11 Å². The Labute approximate surface area is 97.1 Å². The molecule has 0 radical (unpaired) electrons. The highest BCUT2D eigenvalue weighted by Crippen LogP contribution is 2.04. The molecule has 1 aliphatic rings. The lowest BCUT2D eigenvalue weighted by Crippen LogP contribution is -2.45. The quantitative estimate of drug-likeness (QED) is 0.793. The molecule has 0 aliphatic carbocycles. The van der Waals surface area contributed by atoms with Crippen molar-refractivity contribution in [2.75, 3.05) is 39.8 Å². The van der Waals surface area contributed by atoms with Gasteiger partial charge in [0.2, 0.25) is 0 Å².